The van der Waals surface area contributed by atoms with Crippen molar-refractivity contribution in [1.29, 1.82) is 0 Å². The Kier molecular flexibility index (Phi) is 11.0. The van der Waals surface area contributed by atoms with Crippen LogP contribution in [0.15, 0.2) is 34.0 Å². The van der Waals surface area contributed by atoms with Crippen molar-refractivity contribution in [2.75, 3.05) is 50.7 Å². The number of aromatic nitrogens is 3. The molecule has 0 spiro atoms. The van der Waals surface area contributed by atoms with Crippen LogP contribution < -0.4 is 15.5 Å². The predicted molar refractivity (Wildman–Crippen MR) is 134 cm³/mol. The summed E-state index contributed by atoms with van der Waals surface area (Å²) in [6.07, 6.45) is 4.66. The van der Waals surface area contributed by atoms with Gasteiger partial charge in [0.05, 0.1) is 5.69 Å². The topological polar surface area (TPSA) is 94.7 Å². The van der Waals surface area contributed by atoms with Crippen molar-refractivity contribution in [1.82, 2.24) is 30.7 Å². The summed E-state index contributed by atoms with van der Waals surface area (Å²) in [7, 11) is 0. The molecule has 10 heteroatoms. The van der Waals surface area contributed by atoms with Crippen LogP contribution in [0.5, 0.6) is 0 Å². The van der Waals surface area contributed by atoms with Crippen molar-refractivity contribution in [3.05, 3.63) is 36.0 Å². The fourth-order valence-electron chi connectivity index (χ4n) is 3.31. The van der Waals surface area contributed by atoms with Crippen LogP contribution in [0.2, 0.25) is 0 Å². The molecule has 9 nitrogen and oxygen atoms in total. The number of nitrogens with zero attached hydrogens (tertiary/aromatic N) is 6. The van der Waals surface area contributed by atoms with Crippen LogP contribution in [0, 0.1) is 0 Å². The number of anilines is 1. The zero-order chi connectivity index (χ0) is 21.2. The van der Waals surface area contributed by atoms with Gasteiger partial charge in [-0.25, -0.2) is 15.0 Å². The van der Waals surface area contributed by atoms with Crippen LogP contribution in [-0.2, 0) is 6.54 Å². The highest BCUT2D eigenvalue weighted by Crippen LogP contribution is 2.14. The van der Waals surface area contributed by atoms with E-state index >= 15 is 0 Å². The van der Waals surface area contributed by atoms with Gasteiger partial charge in [0.15, 0.2) is 11.7 Å². The first kappa shape index (κ1) is 25.3. The maximum atomic E-state index is 5.37. The van der Waals surface area contributed by atoms with Crippen LogP contribution >= 0.6 is 24.0 Å². The summed E-state index contributed by atoms with van der Waals surface area (Å²) in [4.78, 5) is 18.0. The summed E-state index contributed by atoms with van der Waals surface area (Å²) in [5, 5.41) is 10.8. The Bertz CT molecular complexity index is 775. The Labute approximate surface area is 202 Å². The Morgan fingerprint density at radius 2 is 1.90 bits per heavy atom. The molecule has 3 rings (SSSR count). The van der Waals surface area contributed by atoms with Gasteiger partial charge in [0.1, 0.15) is 6.54 Å². The second kappa shape index (κ2) is 13.5. The van der Waals surface area contributed by atoms with E-state index in [0.29, 0.717) is 12.5 Å². The predicted octanol–water partition coefficient (Wildman–Crippen LogP) is 2.47. The summed E-state index contributed by atoms with van der Waals surface area (Å²) < 4.78 is 5.37. The van der Waals surface area contributed by atoms with E-state index in [1.54, 1.807) is 12.4 Å². The molecule has 0 bridgehead atoms. The summed E-state index contributed by atoms with van der Waals surface area (Å²) in [6, 6.07) is 3.84. The highest BCUT2D eigenvalue weighted by atomic mass is 127. The van der Waals surface area contributed by atoms with Gasteiger partial charge >= 0.3 is 0 Å². The second-order valence-corrected chi connectivity index (χ2v) is 7.73. The summed E-state index contributed by atoms with van der Waals surface area (Å²) in [6.45, 7) is 13.5. The van der Waals surface area contributed by atoms with Crippen molar-refractivity contribution in [2.24, 2.45) is 4.99 Å². The van der Waals surface area contributed by atoms with Gasteiger partial charge in [-0.05, 0) is 31.9 Å². The van der Waals surface area contributed by atoms with Gasteiger partial charge in [-0.3, -0.25) is 4.90 Å². The zero-order valence-corrected chi connectivity index (χ0v) is 21.1. The van der Waals surface area contributed by atoms with Crippen molar-refractivity contribution < 1.29 is 4.52 Å². The maximum absolute atomic E-state index is 5.37. The Morgan fingerprint density at radius 3 is 2.55 bits per heavy atom. The highest BCUT2D eigenvalue weighted by Gasteiger charge is 2.18. The molecule has 1 aliphatic rings. The first-order valence-corrected chi connectivity index (χ1v) is 10.9. The molecular weight excluding hydrogens is 507 g/mol. The Hall–Kier alpha value is -1.95. The minimum Gasteiger partial charge on any atom is -0.359 e. The van der Waals surface area contributed by atoms with Crippen LogP contribution in [-0.4, -0.2) is 71.8 Å². The molecule has 172 valence electrons. The van der Waals surface area contributed by atoms with E-state index in [1.807, 2.05) is 12.1 Å². The standard InChI is InChI=1S/C21H34N8O.HI/c1-4-22-20(26-16-18-15-19(17(2)3)27-30-18)23-9-6-10-28-11-13-29(14-12-28)21-24-7-5-8-25-21;/h5,7-8,15,17H,4,6,9-14,16H2,1-3H3,(H2,22,23,26);1H. The number of halogens is 1. The first-order chi connectivity index (χ1) is 14.7. The minimum absolute atomic E-state index is 0. The second-order valence-electron chi connectivity index (χ2n) is 7.73. The summed E-state index contributed by atoms with van der Waals surface area (Å²) in [5.41, 5.74) is 0.970. The van der Waals surface area contributed by atoms with Gasteiger partial charge in [-0.15, -0.1) is 24.0 Å². The summed E-state index contributed by atoms with van der Waals surface area (Å²) >= 11 is 0. The number of guanidine groups is 1. The molecule has 0 unspecified atom stereocenters. The van der Waals surface area contributed by atoms with E-state index in [-0.39, 0.29) is 24.0 Å². The third-order valence-electron chi connectivity index (χ3n) is 5.06. The SMILES string of the molecule is CCNC(=NCc1cc(C(C)C)no1)NCCCN1CCN(c2ncccn2)CC1.I. The smallest absolute Gasteiger partial charge is 0.225 e. The molecule has 0 amide bonds. The minimum atomic E-state index is 0. The lowest BCUT2D eigenvalue weighted by Crippen LogP contribution is -2.47. The normalized spacial score (nSPS) is 15.1. The molecule has 0 atom stereocenters. The van der Waals surface area contributed by atoms with Crippen LogP contribution in [0.1, 0.15) is 44.6 Å². The molecule has 1 aliphatic heterocycles. The molecule has 0 aromatic carbocycles. The number of aliphatic imine (C=N–C) groups is 1. The lowest BCUT2D eigenvalue weighted by Gasteiger charge is -2.34. The largest absolute Gasteiger partial charge is 0.359 e. The molecule has 0 radical (unpaired) electrons. The zero-order valence-electron chi connectivity index (χ0n) is 18.8. The molecule has 2 aromatic rings. The van der Waals surface area contributed by atoms with Gasteiger partial charge in [0.2, 0.25) is 5.95 Å². The van der Waals surface area contributed by atoms with Crippen molar-refractivity contribution in [3.8, 4) is 0 Å². The third-order valence-corrected chi connectivity index (χ3v) is 5.06. The average Bonchev–Trinajstić information content (AvgIpc) is 3.25. The first-order valence-electron chi connectivity index (χ1n) is 10.9. The lowest BCUT2D eigenvalue weighted by molar-refractivity contribution is 0.254. The van der Waals surface area contributed by atoms with E-state index in [9.17, 15) is 0 Å². The van der Waals surface area contributed by atoms with Crippen molar-refractivity contribution >= 4 is 35.9 Å². The van der Waals surface area contributed by atoms with Crippen molar-refractivity contribution in [2.45, 2.75) is 39.7 Å². The fourth-order valence-corrected chi connectivity index (χ4v) is 3.31. The fraction of sp³-hybridized carbons (Fsp3) is 0.619. The van der Waals surface area contributed by atoms with E-state index in [4.69, 9.17) is 4.52 Å². The average molecular weight is 542 g/mol. The maximum Gasteiger partial charge on any atom is 0.225 e. The lowest BCUT2D eigenvalue weighted by atomic mass is 10.1. The molecule has 1 fully saturated rings. The van der Waals surface area contributed by atoms with Gasteiger partial charge in [-0.2, -0.15) is 0 Å². The number of piperazine rings is 1. The Balaban J connectivity index is 0.00000341. The Morgan fingerprint density at radius 1 is 1.16 bits per heavy atom. The quantitative estimate of drug-likeness (QED) is 0.216. The van der Waals surface area contributed by atoms with Crippen LogP contribution in [0.4, 0.5) is 5.95 Å². The van der Waals surface area contributed by atoms with Crippen molar-refractivity contribution in [3.63, 3.8) is 0 Å². The monoisotopic (exact) mass is 542 g/mol. The molecule has 0 saturated carbocycles. The number of rotatable bonds is 9. The van der Waals surface area contributed by atoms with Crippen LogP contribution in [0.3, 0.4) is 0 Å². The molecule has 31 heavy (non-hydrogen) atoms. The highest BCUT2D eigenvalue weighted by molar-refractivity contribution is 14.0. The number of hydrogen-bond acceptors (Lipinski definition) is 7. The summed E-state index contributed by atoms with van der Waals surface area (Å²) in [5.74, 6) is 2.79. The van der Waals surface area contributed by atoms with Gasteiger partial charge in [0, 0.05) is 57.7 Å². The molecule has 2 aromatic heterocycles. The molecule has 1 saturated heterocycles. The van der Waals surface area contributed by atoms with Crippen LogP contribution in [0.25, 0.3) is 0 Å². The third kappa shape index (κ3) is 8.24. The van der Waals surface area contributed by atoms with E-state index in [1.165, 1.54) is 0 Å². The van der Waals surface area contributed by atoms with Gasteiger partial charge in [0.25, 0.3) is 0 Å². The molecule has 3 heterocycles. The molecule has 0 aliphatic carbocycles. The number of nitrogens with one attached hydrogen (secondary N) is 2. The number of hydrogen-bond donors (Lipinski definition) is 2. The van der Waals surface area contributed by atoms with Gasteiger partial charge in [-0.1, -0.05) is 19.0 Å². The van der Waals surface area contributed by atoms with E-state index in [0.717, 1.165) is 75.6 Å². The molecular formula is C21H35IN8O. The van der Waals surface area contributed by atoms with E-state index in [2.05, 4.69) is 61.3 Å². The van der Waals surface area contributed by atoms with E-state index < -0.39 is 0 Å². The van der Waals surface area contributed by atoms with Gasteiger partial charge < -0.3 is 20.1 Å². The molecule has 2 N–H and O–H groups in total.